The van der Waals surface area contributed by atoms with E-state index < -0.39 is 0 Å². The Morgan fingerprint density at radius 3 is 1.53 bits per heavy atom. The molecule has 5 aromatic carbocycles. The van der Waals surface area contributed by atoms with E-state index in [0.717, 1.165) is 24.9 Å². The predicted octanol–water partition coefficient (Wildman–Crippen LogP) is 15.7. The molecule has 0 bridgehead atoms. The lowest BCUT2D eigenvalue weighted by molar-refractivity contribution is -0.512. The fraction of sp³-hybridized carbons (Fsp3) is 0.373. The topological polar surface area (TPSA) is 15.4 Å². The van der Waals surface area contributed by atoms with Crippen LogP contribution in [-0.2, 0) is 12.8 Å². The summed E-state index contributed by atoms with van der Waals surface area (Å²) in [5, 5.41) is 5.32. The molecule has 0 aliphatic carbocycles. The highest BCUT2D eigenvalue weighted by Gasteiger charge is 2.17. The molecule has 2 nitrogen and oxygen atoms in total. The van der Waals surface area contributed by atoms with E-state index in [4.69, 9.17) is 5.11 Å². The lowest BCUT2D eigenvalue weighted by atomic mass is 9.88. The molecule has 0 saturated carbocycles. The molecule has 0 saturated heterocycles. The fourth-order valence-electron chi connectivity index (χ4n) is 7.52. The highest BCUT2D eigenvalue weighted by Crippen LogP contribution is 2.38. The number of hydrogen-bond donors (Lipinski definition) is 0. The van der Waals surface area contributed by atoms with Crippen molar-refractivity contribution < 1.29 is 4.70 Å². The molecule has 0 aromatic heterocycles. The van der Waals surface area contributed by atoms with Crippen molar-refractivity contribution >= 4 is 11.8 Å². The van der Waals surface area contributed by atoms with Gasteiger partial charge in [0.05, 0.1) is 0 Å². The van der Waals surface area contributed by atoms with Crippen LogP contribution < -0.4 is 0 Å². The van der Waals surface area contributed by atoms with Crippen LogP contribution in [0.2, 0.25) is 0 Å². The third-order valence-corrected chi connectivity index (χ3v) is 10.5. The van der Waals surface area contributed by atoms with Crippen LogP contribution in [0, 0.1) is 0 Å². The molecular formula is C51H63N2+. The molecule has 0 amide bonds. The van der Waals surface area contributed by atoms with Gasteiger partial charge in [-0.25, -0.2) is 0 Å². The molecule has 276 valence electrons. The maximum Gasteiger partial charge on any atom is 0.208 e. The number of hydrogen-bond acceptors (Lipinski definition) is 1. The van der Waals surface area contributed by atoms with Crippen LogP contribution in [0.1, 0.15) is 121 Å². The standard InChI is InChI=1S/C51H63N2/c1-5-8-10-12-14-19-27-41-35-42(37-46(36-41)43-28-20-16-21-29-43)38-48(7-3)53(4)52-47-39-50(44-30-22-17-23-31-44)49(34-26-15-13-11-9-6-2)51(40-47)45-32-24-18-25-33-45/h16-18,20-25,28-33,35-40H,5-15,19,26-27,34H2,1-4H3/q+1. The average Bonchev–Trinajstić information content (AvgIpc) is 3.20. The number of allylic oxidation sites excluding steroid dienone is 1. The second-order valence-corrected chi connectivity index (χ2v) is 14.7. The fourth-order valence-corrected chi connectivity index (χ4v) is 7.52. The molecule has 0 radical (unpaired) electrons. The minimum absolute atomic E-state index is 0.884. The van der Waals surface area contributed by atoms with Crippen LogP contribution in [0.4, 0.5) is 5.69 Å². The summed E-state index contributed by atoms with van der Waals surface area (Å²) in [5.41, 5.74) is 13.9. The first-order valence-electron chi connectivity index (χ1n) is 20.7. The van der Waals surface area contributed by atoms with Gasteiger partial charge in [0.15, 0.2) is 7.05 Å². The maximum atomic E-state index is 5.32. The van der Waals surface area contributed by atoms with Gasteiger partial charge < -0.3 is 0 Å². The van der Waals surface area contributed by atoms with E-state index >= 15 is 0 Å². The largest absolute Gasteiger partial charge is 0.208 e. The molecular weight excluding hydrogens is 641 g/mol. The molecule has 5 rings (SSSR count). The second-order valence-electron chi connectivity index (χ2n) is 14.7. The third kappa shape index (κ3) is 12.2. The summed E-state index contributed by atoms with van der Waals surface area (Å²) >= 11 is 0. The van der Waals surface area contributed by atoms with E-state index in [1.807, 2.05) is 0 Å². The lowest BCUT2D eigenvalue weighted by Crippen LogP contribution is -2.02. The summed E-state index contributed by atoms with van der Waals surface area (Å²) in [4.78, 5) is 0. The predicted molar refractivity (Wildman–Crippen MR) is 230 cm³/mol. The Morgan fingerprint density at radius 1 is 0.509 bits per heavy atom. The third-order valence-electron chi connectivity index (χ3n) is 10.5. The van der Waals surface area contributed by atoms with Crippen molar-refractivity contribution in [2.24, 2.45) is 5.11 Å². The molecule has 0 aliphatic heterocycles. The highest BCUT2D eigenvalue weighted by molar-refractivity contribution is 5.82. The summed E-state index contributed by atoms with van der Waals surface area (Å²) in [7, 11) is 2.11. The normalized spacial score (nSPS) is 12.0. The molecule has 0 spiro atoms. The SMILES string of the molecule is CCCCCCCCc1cc(C=C(CC)[N+](C)=Nc2cc(-c3ccccc3)c(CCCCCCCC)c(-c3ccccc3)c2)cc(-c2ccccc2)c1. The number of unbranched alkanes of at least 4 members (excludes halogenated alkanes) is 10. The van der Waals surface area contributed by atoms with Gasteiger partial charge in [-0.05, 0) is 99.1 Å². The quantitative estimate of drug-likeness (QED) is 0.0411. The Balaban J connectivity index is 1.51. The highest BCUT2D eigenvalue weighted by atomic mass is 15.3. The van der Waals surface area contributed by atoms with Gasteiger partial charge in [-0.3, -0.25) is 0 Å². The Bertz CT molecular complexity index is 1810. The maximum absolute atomic E-state index is 5.32. The number of azo groups is 2. The molecule has 53 heavy (non-hydrogen) atoms. The zero-order chi connectivity index (χ0) is 37.1. The number of nitrogens with zero attached hydrogens (tertiary/aromatic N) is 2. The van der Waals surface area contributed by atoms with Gasteiger partial charge in [-0.1, -0.05) is 193 Å². The van der Waals surface area contributed by atoms with E-state index in [9.17, 15) is 0 Å². The monoisotopic (exact) mass is 703 g/mol. The van der Waals surface area contributed by atoms with Crippen molar-refractivity contribution in [3.63, 3.8) is 0 Å². The van der Waals surface area contributed by atoms with Crippen molar-refractivity contribution in [1.82, 2.24) is 0 Å². The number of aryl methyl sites for hydroxylation is 1. The van der Waals surface area contributed by atoms with Crippen LogP contribution in [0.25, 0.3) is 39.5 Å². The number of benzene rings is 5. The molecule has 0 unspecified atom stereocenters. The van der Waals surface area contributed by atoms with Gasteiger partial charge in [0.25, 0.3) is 0 Å². The first-order valence-corrected chi connectivity index (χ1v) is 20.7. The Labute approximate surface area is 321 Å². The Morgan fingerprint density at radius 2 is 1.00 bits per heavy atom. The summed E-state index contributed by atoms with van der Waals surface area (Å²) in [6.07, 6.45) is 21.0. The lowest BCUT2D eigenvalue weighted by Gasteiger charge is -2.17. The summed E-state index contributed by atoms with van der Waals surface area (Å²) < 4.78 is 2.11. The van der Waals surface area contributed by atoms with E-state index in [2.05, 4.69) is 160 Å². The van der Waals surface area contributed by atoms with Gasteiger partial charge >= 0.3 is 0 Å². The van der Waals surface area contributed by atoms with Crippen molar-refractivity contribution in [3.8, 4) is 33.4 Å². The van der Waals surface area contributed by atoms with Crippen molar-refractivity contribution in [1.29, 1.82) is 0 Å². The molecule has 2 heteroatoms. The van der Waals surface area contributed by atoms with Gasteiger partial charge in [-0.15, -0.1) is 0 Å². The van der Waals surface area contributed by atoms with Gasteiger partial charge in [-0.2, -0.15) is 0 Å². The van der Waals surface area contributed by atoms with E-state index in [1.165, 1.54) is 133 Å². The molecule has 0 N–H and O–H groups in total. The smallest absolute Gasteiger partial charge is 0.0906 e. The zero-order valence-electron chi connectivity index (χ0n) is 33.1. The first-order chi connectivity index (χ1) is 26.1. The van der Waals surface area contributed by atoms with Gasteiger partial charge in [0.1, 0.15) is 5.69 Å². The molecule has 5 aromatic rings. The van der Waals surface area contributed by atoms with Crippen molar-refractivity contribution in [3.05, 3.63) is 144 Å². The molecule has 0 heterocycles. The molecule has 0 aliphatic rings. The minimum atomic E-state index is 0.884. The van der Waals surface area contributed by atoms with E-state index in [0.29, 0.717) is 0 Å². The Hall–Kier alpha value is -4.56. The second kappa shape index (κ2) is 21.8. The van der Waals surface area contributed by atoms with Crippen molar-refractivity contribution in [2.75, 3.05) is 7.05 Å². The summed E-state index contributed by atoms with van der Waals surface area (Å²) in [5.74, 6) is 0. The van der Waals surface area contributed by atoms with Crippen LogP contribution in [0.3, 0.4) is 0 Å². The van der Waals surface area contributed by atoms with E-state index in [1.54, 1.807) is 0 Å². The van der Waals surface area contributed by atoms with Gasteiger partial charge in [0.2, 0.25) is 5.70 Å². The van der Waals surface area contributed by atoms with Crippen LogP contribution in [0.5, 0.6) is 0 Å². The number of rotatable bonds is 21. The van der Waals surface area contributed by atoms with E-state index in [-0.39, 0.29) is 0 Å². The summed E-state index contributed by atoms with van der Waals surface area (Å²) in [6.45, 7) is 6.82. The zero-order valence-corrected chi connectivity index (χ0v) is 33.1. The Kier molecular flexibility index (Phi) is 16.3. The van der Waals surface area contributed by atoms with Crippen LogP contribution in [-0.4, -0.2) is 11.7 Å². The van der Waals surface area contributed by atoms with Crippen molar-refractivity contribution in [2.45, 2.75) is 117 Å². The van der Waals surface area contributed by atoms with Gasteiger partial charge in [0, 0.05) is 12.5 Å². The minimum Gasteiger partial charge on any atom is -0.0906 e. The summed E-state index contributed by atoms with van der Waals surface area (Å²) in [6, 6.07) is 44.5. The molecule has 0 fully saturated rings. The van der Waals surface area contributed by atoms with Crippen LogP contribution in [0.15, 0.2) is 132 Å². The average molecular weight is 704 g/mol. The first kappa shape index (κ1) is 39.6. The van der Waals surface area contributed by atoms with Crippen LogP contribution >= 0.6 is 0 Å². The molecule has 0 atom stereocenters.